The molecule has 2 saturated heterocycles. The van der Waals surface area contributed by atoms with Gasteiger partial charge in [0.15, 0.2) is 11.6 Å². The molecule has 0 N–H and O–H groups in total. The first-order chi connectivity index (χ1) is 11.8. The van der Waals surface area contributed by atoms with Crippen LogP contribution in [-0.4, -0.2) is 60.3 Å². The van der Waals surface area contributed by atoms with Gasteiger partial charge in [-0.3, -0.25) is 4.79 Å². The maximum Gasteiger partial charge on any atom is 0.289 e. The number of furan rings is 1. The molecule has 4 heterocycles. The van der Waals surface area contributed by atoms with Crippen LogP contribution >= 0.6 is 0 Å². The number of aromatic nitrogens is 2. The van der Waals surface area contributed by atoms with Crippen LogP contribution in [0.1, 0.15) is 23.4 Å². The van der Waals surface area contributed by atoms with E-state index in [1.807, 2.05) is 11.1 Å². The molecule has 7 nitrogen and oxygen atoms in total. The molecule has 24 heavy (non-hydrogen) atoms. The minimum absolute atomic E-state index is 0.0368. The number of amides is 1. The zero-order chi connectivity index (χ0) is 16.4. The number of anilines is 2. The fourth-order valence-electron chi connectivity index (χ4n) is 3.34. The van der Waals surface area contributed by atoms with Crippen molar-refractivity contribution in [3.05, 3.63) is 36.4 Å². The molecule has 0 saturated carbocycles. The van der Waals surface area contributed by atoms with E-state index in [-0.39, 0.29) is 5.91 Å². The third-order valence-corrected chi connectivity index (χ3v) is 4.72. The molecule has 2 aromatic rings. The summed E-state index contributed by atoms with van der Waals surface area (Å²) in [7, 11) is 0. The number of rotatable bonds is 3. The first-order valence-electron chi connectivity index (χ1n) is 8.47. The summed E-state index contributed by atoms with van der Waals surface area (Å²) >= 11 is 0. The fourth-order valence-corrected chi connectivity index (χ4v) is 3.34. The molecule has 0 aliphatic carbocycles. The van der Waals surface area contributed by atoms with Crippen LogP contribution in [0.2, 0.25) is 0 Å². The largest absolute Gasteiger partial charge is 0.459 e. The highest BCUT2D eigenvalue weighted by Crippen LogP contribution is 2.23. The summed E-state index contributed by atoms with van der Waals surface area (Å²) < 4.78 is 5.20. The molecular weight excluding hydrogens is 306 g/mol. The Morgan fingerprint density at radius 3 is 2.54 bits per heavy atom. The Hall–Kier alpha value is -2.57. The molecule has 7 heteroatoms. The van der Waals surface area contributed by atoms with E-state index in [0.717, 1.165) is 37.7 Å². The monoisotopic (exact) mass is 327 g/mol. The summed E-state index contributed by atoms with van der Waals surface area (Å²) in [5.74, 6) is 1.33. The lowest BCUT2D eigenvalue weighted by molar-refractivity contribution is 0.0714. The van der Waals surface area contributed by atoms with E-state index in [4.69, 9.17) is 4.42 Å². The number of carbonyl (C=O) groups is 1. The van der Waals surface area contributed by atoms with Crippen molar-refractivity contribution in [1.82, 2.24) is 15.1 Å². The highest BCUT2D eigenvalue weighted by molar-refractivity contribution is 5.91. The van der Waals surface area contributed by atoms with Gasteiger partial charge in [-0.15, -0.1) is 5.10 Å². The standard InChI is InChI=1S/C17H21N5O2/c23-17(15-4-3-11-24-15)22-9-7-20(8-10-22)14-12-16(19-18-13-14)21-5-1-2-6-21/h3-4,11-13H,1-2,5-10H2. The van der Waals surface area contributed by atoms with Crippen molar-refractivity contribution in [3.63, 3.8) is 0 Å². The normalized spacial score (nSPS) is 18.2. The predicted octanol–water partition coefficient (Wildman–Crippen LogP) is 1.63. The van der Waals surface area contributed by atoms with Crippen LogP contribution in [-0.2, 0) is 0 Å². The van der Waals surface area contributed by atoms with Gasteiger partial charge in [-0.05, 0) is 25.0 Å². The van der Waals surface area contributed by atoms with Gasteiger partial charge in [0.2, 0.25) is 0 Å². The average molecular weight is 327 g/mol. The van der Waals surface area contributed by atoms with Gasteiger partial charge in [0, 0.05) is 45.3 Å². The van der Waals surface area contributed by atoms with E-state index in [9.17, 15) is 4.79 Å². The molecular formula is C17H21N5O2. The Labute approximate surface area is 140 Å². The summed E-state index contributed by atoms with van der Waals surface area (Å²) in [6, 6.07) is 5.57. The molecule has 0 bridgehead atoms. The number of piperazine rings is 1. The summed E-state index contributed by atoms with van der Waals surface area (Å²) in [4.78, 5) is 18.7. The van der Waals surface area contributed by atoms with Crippen LogP contribution in [0.15, 0.2) is 35.1 Å². The predicted molar refractivity (Wildman–Crippen MR) is 90.3 cm³/mol. The Balaban J connectivity index is 1.40. The summed E-state index contributed by atoms with van der Waals surface area (Å²) in [6.45, 7) is 5.06. The highest BCUT2D eigenvalue weighted by atomic mass is 16.3. The molecule has 0 aromatic carbocycles. The molecule has 2 aromatic heterocycles. The Bertz CT molecular complexity index is 689. The molecule has 0 radical (unpaired) electrons. The van der Waals surface area contributed by atoms with Gasteiger partial charge >= 0.3 is 0 Å². The van der Waals surface area contributed by atoms with Gasteiger partial charge in [0.1, 0.15) is 0 Å². The van der Waals surface area contributed by atoms with Crippen LogP contribution in [0.5, 0.6) is 0 Å². The minimum Gasteiger partial charge on any atom is -0.459 e. The van der Waals surface area contributed by atoms with Crippen molar-refractivity contribution in [3.8, 4) is 0 Å². The molecule has 2 aliphatic heterocycles. The van der Waals surface area contributed by atoms with Gasteiger partial charge < -0.3 is 19.1 Å². The summed E-state index contributed by atoms with van der Waals surface area (Å²) in [5.41, 5.74) is 1.08. The second-order valence-corrected chi connectivity index (χ2v) is 6.22. The van der Waals surface area contributed by atoms with E-state index in [1.165, 1.54) is 19.1 Å². The van der Waals surface area contributed by atoms with Gasteiger partial charge in [0.25, 0.3) is 5.91 Å². The Morgan fingerprint density at radius 2 is 1.83 bits per heavy atom. The van der Waals surface area contributed by atoms with Crippen LogP contribution in [0.4, 0.5) is 11.5 Å². The number of carbonyl (C=O) groups excluding carboxylic acids is 1. The van der Waals surface area contributed by atoms with E-state index in [0.29, 0.717) is 18.8 Å². The first kappa shape index (κ1) is 15.0. The lowest BCUT2D eigenvalue weighted by atomic mass is 10.2. The van der Waals surface area contributed by atoms with Crippen LogP contribution in [0.25, 0.3) is 0 Å². The molecule has 2 fully saturated rings. The van der Waals surface area contributed by atoms with Gasteiger partial charge in [-0.25, -0.2) is 0 Å². The zero-order valence-corrected chi connectivity index (χ0v) is 13.6. The van der Waals surface area contributed by atoms with Crippen LogP contribution in [0.3, 0.4) is 0 Å². The second kappa shape index (κ2) is 6.51. The van der Waals surface area contributed by atoms with E-state index < -0.39 is 0 Å². The van der Waals surface area contributed by atoms with Crippen molar-refractivity contribution >= 4 is 17.4 Å². The van der Waals surface area contributed by atoms with Crippen molar-refractivity contribution in [2.24, 2.45) is 0 Å². The lowest BCUT2D eigenvalue weighted by Gasteiger charge is -2.35. The Kier molecular flexibility index (Phi) is 4.06. The van der Waals surface area contributed by atoms with Crippen molar-refractivity contribution in [1.29, 1.82) is 0 Å². The topological polar surface area (TPSA) is 65.7 Å². The highest BCUT2D eigenvalue weighted by Gasteiger charge is 2.24. The maximum atomic E-state index is 12.3. The molecule has 0 spiro atoms. The van der Waals surface area contributed by atoms with Gasteiger partial charge in [0.05, 0.1) is 18.1 Å². The smallest absolute Gasteiger partial charge is 0.289 e. The first-order valence-corrected chi connectivity index (χ1v) is 8.47. The fraction of sp³-hybridized carbons (Fsp3) is 0.471. The molecule has 0 unspecified atom stereocenters. The van der Waals surface area contributed by atoms with Crippen LogP contribution < -0.4 is 9.80 Å². The number of hydrogen-bond donors (Lipinski definition) is 0. The van der Waals surface area contributed by atoms with E-state index >= 15 is 0 Å². The molecule has 0 atom stereocenters. The molecule has 126 valence electrons. The van der Waals surface area contributed by atoms with Crippen molar-refractivity contribution in [2.75, 3.05) is 49.1 Å². The number of hydrogen-bond acceptors (Lipinski definition) is 6. The second-order valence-electron chi connectivity index (χ2n) is 6.22. The quantitative estimate of drug-likeness (QED) is 0.854. The van der Waals surface area contributed by atoms with Crippen molar-refractivity contribution < 1.29 is 9.21 Å². The molecule has 4 rings (SSSR count). The Morgan fingerprint density at radius 1 is 1.04 bits per heavy atom. The zero-order valence-electron chi connectivity index (χ0n) is 13.6. The van der Waals surface area contributed by atoms with Crippen molar-refractivity contribution in [2.45, 2.75) is 12.8 Å². The number of nitrogens with zero attached hydrogens (tertiary/aromatic N) is 5. The third-order valence-electron chi connectivity index (χ3n) is 4.72. The van der Waals surface area contributed by atoms with E-state index in [2.05, 4.69) is 26.1 Å². The van der Waals surface area contributed by atoms with Gasteiger partial charge in [-0.2, -0.15) is 5.10 Å². The third kappa shape index (κ3) is 2.93. The molecule has 2 aliphatic rings. The average Bonchev–Trinajstić information content (AvgIpc) is 3.35. The molecule has 1 amide bonds. The van der Waals surface area contributed by atoms with Gasteiger partial charge in [-0.1, -0.05) is 0 Å². The minimum atomic E-state index is -0.0368. The SMILES string of the molecule is O=C(c1ccco1)N1CCN(c2cnnc(N3CCCC3)c2)CC1. The van der Waals surface area contributed by atoms with E-state index in [1.54, 1.807) is 12.1 Å². The summed E-state index contributed by atoms with van der Waals surface area (Å²) in [5, 5.41) is 8.44. The summed E-state index contributed by atoms with van der Waals surface area (Å²) in [6.07, 6.45) is 5.79. The van der Waals surface area contributed by atoms with Crippen LogP contribution in [0, 0.1) is 0 Å². The maximum absolute atomic E-state index is 12.3. The lowest BCUT2D eigenvalue weighted by Crippen LogP contribution is -2.48.